The molecular weight excluding hydrogens is 520 g/mol. The number of carbonyl (C=O) groups excluding carboxylic acids is 1. The highest BCUT2D eigenvalue weighted by Crippen LogP contribution is 2.33. The number of hydrogen-bond donors (Lipinski definition) is 1. The number of nitro groups is 1. The second-order valence-corrected chi connectivity index (χ2v) is 11.7. The van der Waals surface area contributed by atoms with Gasteiger partial charge in [0.25, 0.3) is 11.6 Å². The molecule has 12 heteroatoms. The van der Waals surface area contributed by atoms with Crippen molar-refractivity contribution in [3.8, 4) is 10.6 Å². The summed E-state index contributed by atoms with van der Waals surface area (Å²) in [7, 11) is -3.79. The monoisotopic (exact) mass is 542 g/mol. The number of sulfonamides is 1. The third kappa shape index (κ3) is 5.68. The highest BCUT2D eigenvalue weighted by atomic mass is 32.2. The van der Waals surface area contributed by atoms with Crippen LogP contribution in [0, 0.1) is 10.1 Å². The molecule has 1 N–H and O–H groups in total. The lowest BCUT2D eigenvalue weighted by molar-refractivity contribution is -0.384. The fourth-order valence-corrected chi connectivity index (χ4v) is 6.61. The molecule has 0 aliphatic heterocycles. The van der Waals surface area contributed by atoms with Crippen molar-refractivity contribution in [2.45, 2.75) is 31.3 Å². The highest BCUT2D eigenvalue weighted by molar-refractivity contribution is 7.89. The van der Waals surface area contributed by atoms with Crippen LogP contribution in [0.3, 0.4) is 0 Å². The molecule has 0 fully saturated rings. The average molecular weight is 543 g/mol. The molecule has 1 amide bonds. The van der Waals surface area contributed by atoms with Crippen LogP contribution >= 0.6 is 22.7 Å². The first-order valence-electron chi connectivity index (χ1n) is 10.8. The zero-order valence-electron chi connectivity index (χ0n) is 19.3. The normalized spacial score (nSPS) is 11.7. The van der Waals surface area contributed by atoms with E-state index < -0.39 is 20.9 Å². The number of benzene rings is 2. The van der Waals surface area contributed by atoms with E-state index in [1.807, 2.05) is 44.2 Å². The maximum absolute atomic E-state index is 13.3. The predicted octanol–water partition coefficient (Wildman–Crippen LogP) is 5.63. The van der Waals surface area contributed by atoms with E-state index in [9.17, 15) is 23.3 Å². The molecule has 2 aromatic carbocycles. The van der Waals surface area contributed by atoms with Crippen molar-refractivity contribution in [3.63, 3.8) is 0 Å². The van der Waals surface area contributed by atoms with Crippen molar-refractivity contribution in [2.24, 2.45) is 0 Å². The standard InChI is InChI=1S/C24H22N4O5S3/c1-16(2)27(13-17-6-4-3-5-7-17)36(32,33)20-10-8-18(9-11-20)23(29)26-24-25-21(15-35-24)22-12-19(14-34-22)28(30)31/h3-12,14-16H,13H2,1-2H3,(H,25,26,29). The summed E-state index contributed by atoms with van der Waals surface area (Å²) in [5.74, 6) is -0.443. The summed E-state index contributed by atoms with van der Waals surface area (Å²) in [5, 5.41) is 17.0. The van der Waals surface area contributed by atoms with Gasteiger partial charge in [-0.2, -0.15) is 4.31 Å². The molecule has 0 unspecified atom stereocenters. The fourth-order valence-electron chi connectivity index (χ4n) is 3.39. The van der Waals surface area contributed by atoms with Gasteiger partial charge in [-0.3, -0.25) is 20.2 Å². The van der Waals surface area contributed by atoms with Crippen molar-refractivity contribution in [1.29, 1.82) is 0 Å². The first kappa shape index (κ1) is 25.6. The lowest BCUT2D eigenvalue weighted by Gasteiger charge is -2.26. The third-order valence-electron chi connectivity index (χ3n) is 5.25. The predicted molar refractivity (Wildman–Crippen MR) is 141 cm³/mol. The molecule has 0 bridgehead atoms. The van der Waals surface area contributed by atoms with E-state index in [4.69, 9.17) is 0 Å². The molecule has 0 atom stereocenters. The zero-order chi connectivity index (χ0) is 25.9. The molecule has 0 saturated heterocycles. The number of thiophene rings is 1. The van der Waals surface area contributed by atoms with Crippen molar-refractivity contribution >= 4 is 49.4 Å². The summed E-state index contributed by atoms with van der Waals surface area (Å²) >= 11 is 2.39. The van der Waals surface area contributed by atoms with Crippen LogP contribution in [-0.2, 0) is 16.6 Å². The number of thiazole rings is 1. The average Bonchev–Trinajstić information content (AvgIpc) is 3.53. The first-order valence-corrected chi connectivity index (χ1v) is 14.0. The molecule has 0 aliphatic carbocycles. The molecular formula is C24H22N4O5S3. The van der Waals surface area contributed by atoms with Crippen molar-refractivity contribution in [1.82, 2.24) is 9.29 Å². The Bertz CT molecular complexity index is 1480. The van der Waals surface area contributed by atoms with Crippen molar-refractivity contribution in [3.05, 3.63) is 92.7 Å². The van der Waals surface area contributed by atoms with E-state index in [0.29, 0.717) is 15.7 Å². The summed E-state index contributed by atoms with van der Waals surface area (Å²) < 4.78 is 28.0. The molecule has 0 radical (unpaired) electrons. The van der Waals surface area contributed by atoms with Crippen molar-refractivity contribution < 1.29 is 18.1 Å². The number of nitrogens with zero attached hydrogens (tertiary/aromatic N) is 3. The van der Waals surface area contributed by atoms with E-state index in [1.165, 1.54) is 62.7 Å². The molecule has 0 aliphatic rings. The van der Waals surface area contributed by atoms with Gasteiger partial charge in [0.15, 0.2) is 5.13 Å². The molecule has 2 aromatic heterocycles. The molecule has 2 heterocycles. The fraction of sp³-hybridized carbons (Fsp3) is 0.167. The summed E-state index contributed by atoms with van der Waals surface area (Å²) in [5.41, 5.74) is 1.67. The van der Waals surface area contributed by atoms with Crippen LogP contribution in [0.1, 0.15) is 29.8 Å². The lowest BCUT2D eigenvalue weighted by Crippen LogP contribution is -2.36. The van der Waals surface area contributed by atoms with Gasteiger partial charge in [-0.05, 0) is 43.7 Å². The molecule has 0 saturated carbocycles. The Hall–Kier alpha value is -3.45. The number of nitrogens with one attached hydrogen (secondary N) is 1. The van der Waals surface area contributed by atoms with Crippen LogP contribution in [0.5, 0.6) is 0 Å². The van der Waals surface area contributed by atoms with E-state index in [2.05, 4.69) is 10.3 Å². The molecule has 36 heavy (non-hydrogen) atoms. The second-order valence-electron chi connectivity index (χ2n) is 8.07. The second kappa shape index (κ2) is 10.7. The molecule has 4 rings (SSSR count). The lowest BCUT2D eigenvalue weighted by atomic mass is 10.2. The van der Waals surface area contributed by atoms with Gasteiger partial charge in [0.05, 0.1) is 25.8 Å². The van der Waals surface area contributed by atoms with Crippen LogP contribution in [0.15, 0.2) is 76.3 Å². The maximum atomic E-state index is 13.3. The van der Waals surface area contributed by atoms with Gasteiger partial charge in [-0.1, -0.05) is 30.3 Å². The van der Waals surface area contributed by atoms with E-state index >= 15 is 0 Å². The van der Waals surface area contributed by atoms with Crippen LogP contribution < -0.4 is 5.32 Å². The van der Waals surface area contributed by atoms with E-state index in [1.54, 1.807) is 5.38 Å². The minimum absolute atomic E-state index is 0.0107. The number of anilines is 1. The maximum Gasteiger partial charge on any atom is 0.280 e. The number of carbonyl (C=O) groups is 1. The number of amides is 1. The Morgan fingerprint density at radius 2 is 1.78 bits per heavy atom. The largest absolute Gasteiger partial charge is 0.298 e. The molecule has 4 aromatic rings. The van der Waals surface area contributed by atoms with Gasteiger partial charge < -0.3 is 0 Å². The van der Waals surface area contributed by atoms with Gasteiger partial charge in [0, 0.05) is 29.6 Å². The van der Waals surface area contributed by atoms with Gasteiger partial charge >= 0.3 is 0 Å². The zero-order valence-corrected chi connectivity index (χ0v) is 21.8. The number of hydrogen-bond acceptors (Lipinski definition) is 8. The third-order valence-corrected chi connectivity index (χ3v) is 8.99. The molecule has 0 spiro atoms. The topological polar surface area (TPSA) is 123 Å². The van der Waals surface area contributed by atoms with Gasteiger partial charge in [0.1, 0.15) is 0 Å². The highest BCUT2D eigenvalue weighted by Gasteiger charge is 2.27. The van der Waals surface area contributed by atoms with E-state index in [-0.39, 0.29) is 28.7 Å². The minimum Gasteiger partial charge on any atom is -0.298 e. The first-order chi connectivity index (χ1) is 17.1. The SMILES string of the molecule is CC(C)N(Cc1ccccc1)S(=O)(=O)c1ccc(C(=O)Nc2nc(-c3cc([N+](=O)[O-])cs3)cs2)cc1. The van der Waals surface area contributed by atoms with Crippen LogP contribution in [0.25, 0.3) is 10.6 Å². The Balaban J connectivity index is 1.47. The summed E-state index contributed by atoms with van der Waals surface area (Å²) in [6, 6.07) is 16.3. The smallest absolute Gasteiger partial charge is 0.280 e. The van der Waals surface area contributed by atoms with Gasteiger partial charge in [-0.15, -0.1) is 22.7 Å². The number of rotatable bonds is 9. The van der Waals surface area contributed by atoms with Crippen LogP contribution in [-0.4, -0.2) is 34.6 Å². The van der Waals surface area contributed by atoms with Crippen molar-refractivity contribution in [2.75, 3.05) is 5.32 Å². The van der Waals surface area contributed by atoms with E-state index in [0.717, 1.165) is 5.56 Å². The Kier molecular flexibility index (Phi) is 7.59. The van der Waals surface area contributed by atoms with Gasteiger partial charge in [0.2, 0.25) is 10.0 Å². The molecule has 186 valence electrons. The van der Waals surface area contributed by atoms with Crippen LogP contribution in [0.4, 0.5) is 10.8 Å². The Labute approximate surface area is 216 Å². The molecule has 9 nitrogen and oxygen atoms in total. The summed E-state index contributed by atoms with van der Waals surface area (Å²) in [6.45, 7) is 3.88. The minimum atomic E-state index is -3.79. The quantitative estimate of drug-likeness (QED) is 0.216. The van der Waals surface area contributed by atoms with Crippen LogP contribution in [0.2, 0.25) is 0 Å². The Morgan fingerprint density at radius 3 is 2.39 bits per heavy atom. The summed E-state index contributed by atoms with van der Waals surface area (Å²) in [4.78, 5) is 28.2. The van der Waals surface area contributed by atoms with Gasteiger partial charge in [-0.25, -0.2) is 13.4 Å². The number of aromatic nitrogens is 1. The summed E-state index contributed by atoms with van der Waals surface area (Å²) in [6.07, 6.45) is 0. The Morgan fingerprint density at radius 1 is 1.08 bits per heavy atom.